The molecule has 34 heavy (non-hydrogen) atoms. The third-order valence-electron chi connectivity index (χ3n) is 6.25. The summed E-state index contributed by atoms with van der Waals surface area (Å²) in [5.74, 6) is -1.31. The number of halogens is 2. The highest BCUT2D eigenvalue weighted by Gasteiger charge is 2.36. The summed E-state index contributed by atoms with van der Waals surface area (Å²) in [5.41, 5.74) is 1.94. The number of nitrogens with zero attached hydrogens (tertiary/aromatic N) is 3. The van der Waals surface area contributed by atoms with Gasteiger partial charge in [-0.3, -0.25) is 19.3 Å². The molecule has 2 heterocycles. The summed E-state index contributed by atoms with van der Waals surface area (Å²) in [4.78, 5) is 43.6. The van der Waals surface area contributed by atoms with Gasteiger partial charge in [0.05, 0.1) is 16.8 Å². The van der Waals surface area contributed by atoms with E-state index in [-0.39, 0.29) is 11.7 Å². The summed E-state index contributed by atoms with van der Waals surface area (Å²) >= 11 is 6.14. The van der Waals surface area contributed by atoms with Crippen LogP contribution in [0.4, 0.5) is 10.1 Å². The van der Waals surface area contributed by atoms with E-state index in [4.69, 9.17) is 11.6 Å². The number of hydrogen-bond donors (Lipinski definition) is 0. The van der Waals surface area contributed by atoms with Crippen molar-refractivity contribution in [2.24, 2.45) is 0 Å². The number of anilines is 1. The molecule has 3 amide bonds. The Hall–Kier alpha value is -3.55. The molecule has 0 aromatic heterocycles. The quantitative estimate of drug-likeness (QED) is 0.527. The van der Waals surface area contributed by atoms with E-state index >= 15 is 0 Å². The lowest BCUT2D eigenvalue weighted by Crippen LogP contribution is -2.48. The molecule has 0 atom stereocenters. The largest absolute Gasteiger partial charge is 0.336 e. The van der Waals surface area contributed by atoms with E-state index < -0.39 is 11.8 Å². The Morgan fingerprint density at radius 2 is 1.50 bits per heavy atom. The van der Waals surface area contributed by atoms with Crippen LogP contribution >= 0.6 is 11.6 Å². The molecular weight excluding hydrogens is 457 g/mol. The zero-order valence-corrected chi connectivity index (χ0v) is 19.0. The molecule has 0 unspecified atom stereocenters. The normalized spacial score (nSPS) is 16.2. The SMILES string of the molecule is O=C(c1cccc(N2C(=O)c3ccccc3C2=O)c1)N1CCN(Cc2c(F)cccc2Cl)CC1. The average molecular weight is 478 g/mol. The van der Waals surface area contributed by atoms with E-state index in [2.05, 4.69) is 4.90 Å². The first kappa shape index (κ1) is 22.3. The number of piperazine rings is 1. The van der Waals surface area contributed by atoms with Crippen LogP contribution in [0.3, 0.4) is 0 Å². The van der Waals surface area contributed by atoms with Crippen LogP contribution in [0, 0.1) is 5.82 Å². The first-order valence-electron chi connectivity index (χ1n) is 11.0. The van der Waals surface area contributed by atoms with Crippen molar-refractivity contribution in [2.75, 3.05) is 31.1 Å². The second kappa shape index (κ2) is 9.00. The number of hydrogen-bond acceptors (Lipinski definition) is 4. The van der Waals surface area contributed by atoms with E-state index in [0.29, 0.717) is 65.7 Å². The van der Waals surface area contributed by atoms with E-state index in [0.717, 1.165) is 4.90 Å². The van der Waals surface area contributed by atoms with Crippen molar-refractivity contribution in [2.45, 2.75) is 6.54 Å². The fraction of sp³-hybridized carbons (Fsp3) is 0.192. The van der Waals surface area contributed by atoms with Crippen LogP contribution in [-0.4, -0.2) is 53.7 Å². The molecule has 2 aliphatic rings. The van der Waals surface area contributed by atoms with Gasteiger partial charge >= 0.3 is 0 Å². The summed E-state index contributed by atoms with van der Waals surface area (Å²) in [6.07, 6.45) is 0. The van der Waals surface area contributed by atoms with Crippen molar-refractivity contribution >= 4 is 35.0 Å². The summed E-state index contributed by atoms with van der Waals surface area (Å²) < 4.78 is 14.1. The standard InChI is InChI=1S/C26H21ClFN3O3/c27-22-9-4-10-23(28)21(22)16-29-11-13-30(14-12-29)24(32)17-5-3-6-18(15-17)31-25(33)19-7-1-2-8-20(19)26(31)34/h1-10,15H,11-14,16H2. The van der Waals surface area contributed by atoms with Gasteiger partial charge in [0.2, 0.25) is 0 Å². The first-order valence-corrected chi connectivity index (χ1v) is 11.3. The molecule has 5 rings (SSSR count). The van der Waals surface area contributed by atoms with Crippen molar-refractivity contribution in [1.82, 2.24) is 9.80 Å². The van der Waals surface area contributed by atoms with Crippen molar-refractivity contribution < 1.29 is 18.8 Å². The molecule has 0 spiro atoms. The monoisotopic (exact) mass is 477 g/mol. The van der Waals surface area contributed by atoms with E-state index in [1.807, 2.05) is 0 Å². The molecule has 1 saturated heterocycles. The first-order chi connectivity index (χ1) is 16.4. The number of amides is 3. The number of fused-ring (bicyclic) bond motifs is 1. The lowest BCUT2D eigenvalue weighted by molar-refractivity contribution is 0.0626. The van der Waals surface area contributed by atoms with Gasteiger partial charge < -0.3 is 4.90 Å². The Morgan fingerprint density at radius 1 is 0.853 bits per heavy atom. The molecule has 8 heteroatoms. The fourth-order valence-electron chi connectivity index (χ4n) is 4.40. The zero-order valence-electron chi connectivity index (χ0n) is 18.2. The Labute approximate surface area is 201 Å². The van der Waals surface area contributed by atoms with Crippen LogP contribution in [0.2, 0.25) is 5.02 Å². The van der Waals surface area contributed by atoms with Crippen LogP contribution in [-0.2, 0) is 6.54 Å². The molecule has 3 aromatic rings. The molecule has 3 aromatic carbocycles. The van der Waals surface area contributed by atoms with Crippen LogP contribution in [0.1, 0.15) is 36.6 Å². The van der Waals surface area contributed by atoms with Gasteiger partial charge in [0.25, 0.3) is 17.7 Å². The van der Waals surface area contributed by atoms with Gasteiger partial charge in [-0.05, 0) is 42.5 Å². The summed E-state index contributed by atoms with van der Waals surface area (Å²) in [7, 11) is 0. The predicted molar refractivity (Wildman–Crippen MR) is 127 cm³/mol. The smallest absolute Gasteiger partial charge is 0.266 e. The minimum atomic E-state index is -0.398. The minimum absolute atomic E-state index is 0.179. The zero-order chi connectivity index (χ0) is 23.8. The molecule has 0 N–H and O–H groups in total. The molecule has 0 radical (unpaired) electrons. The number of benzene rings is 3. The maximum absolute atomic E-state index is 14.1. The van der Waals surface area contributed by atoms with Crippen molar-refractivity contribution in [3.63, 3.8) is 0 Å². The van der Waals surface area contributed by atoms with Crippen LogP contribution in [0.15, 0.2) is 66.7 Å². The molecular formula is C26H21ClFN3O3. The lowest BCUT2D eigenvalue weighted by atomic mass is 10.1. The number of rotatable bonds is 4. The predicted octanol–water partition coefficient (Wildman–Crippen LogP) is 4.24. The number of carbonyl (C=O) groups is 3. The third kappa shape index (κ3) is 3.97. The minimum Gasteiger partial charge on any atom is -0.336 e. The van der Waals surface area contributed by atoms with E-state index in [9.17, 15) is 18.8 Å². The Balaban J connectivity index is 1.27. The Morgan fingerprint density at radius 3 is 2.15 bits per heavy atom. The van der Waals surface area contributed by atoms with Crippen LogP contribution < -0.4 is 4.90 Å². The molecule has 0 bridgehead atoms. The molecule has 6 nitrogen and oxygen atoms in total. The summed E-state index contributed by atoms with van der Waals surface area (Å²) in [6.45, 7) is 2.48. The second-order valence-corrected chi connectivity index (χ2v) is 8.72. The summed E-state index contributed by atoms with van der Waals surface area (Å²) in [6, 6.07) is 17.9. The molecule has 1 fully saturated rings. The lowest BCUT2D eigenvalue weighted by Gasteiger charge is -2.35. The summed E-state index contributed by atoms with van der Waals surface area (Å²) in [5, 5.41) is 0.392. The molecule has 172 valence electrons. The Bertz CT molecular complexity index is 1250. The molecule has 0 saturated carbocycles. The fourth-order valence-corrected chi connectivity index (χ4v) is 4.62. The van der Waals surface area contributed by atoms with Crippen LogP contribution in [0.25, 0.3) is 0 Å². The van der Waals surface area contributed by atoms with Gasteiger partial charge in [-0.15, -0.1) is 0 Å². The highest BCUT2D eigenvalue weighted by Crippen LogP contribution is 2.29. The van der Waals surface area contributed by atoms with Crippen molar-refractivity contribution in [3.05, 3.63) is 99.8 Å². The third-order valence-corrected chi connectivity index (χ3v) is 6.60. The number of carbonyl (C=O) groups excluding carboxylic acids is 3. The highest BCUT2D eigenvalue weighted by molar-refractivity contribution is 6.34. The van der Waals surface area contributed by atoms with Gasteiger partial charge in [0.15, 0.2) is 0 Å². The van der Waals surface area contributed by atoms with Crippen molar-refractivity contribution in [1.29, 1.82) is 0 Å². The van der Waals surface area contributed by atoms with E-state index in [1.165, 1.54) is 6.07 Å². The maximum Gasteiger partial charge on any atom is 0.266 e. The number of imide groups is 1. The van der Waals surface area contributed by atoms with Gasteiger partial charge in [-0.25, -0.2) is 9.29 Å². The highest BCUT2D eigenvalue weighted by atomic mass is 35.5. The Kier molecular flexibility index (Phi) is 5.89. The second-order valence-electron chi connectivity index (χ2n) is 8.31. The van der Waals surface area contributed by atoms with E-state index in [1.54, 1.807) is 65.6 Å². The van der Waals surface area contributed by atoms with Gasteiger partial charge in [-0.2, -0.15) is 0 Å². The maximum atomic E-state index is 14.1. The topological polar surface area (TPSA) is 60.9 Å². The molecule has 0 aliphatic carbocycles. The molecule has 2 aliphatic heterocycles. The van der Waals surface area contributed by atoms with Gasteiger partial charge in [-0.1, -0.05) is 35.9 Å². The average Bonchev–Trinajstić information content (AvgIpc) is 3.11. The van der Waals surface area contributed by atoms with Crippen molar-refractivity contribution in [3.8, 4) is 0 Å². The van der Waals surface area contributed by atoms with Crippen LogP contribution in [0.5, 0.6) is 0 Å². The van der Waals surface area contributed by atoms with Gasteiger partial charge in [0.1, 0.15) is 5.82 Å². The van der Waals surface area contributed by atoms with Gasteiger partial charge in [0, 0.05) is 48.9 Å².